The maximum atomic E-state index is 11.2. The standard InChI is InChI=1S/C10H19NO3/c1-7(10(13)14-3)11-5-4-9(6-11)8(2)12/h7-9,12H,4-6H2,1-3H3. The van der Waals surface area contributed by atoms with Gasteiger partial charge in [-0.2, -0.15) is 0 Å². The first-order valence-electron chi connectivity index (χ1n) is 5.06. The summed E-state index contributed by atoms with van der Waals surface area (Å²) in [6.45, 7) is 5.30. The molecule has 0 spiro atoms. The predicted octanol–water partition coefficient (Wildman–Crippen LogP) is 0.251. The van der Waals surface area contributed by atoms with Crippen LogP contribution in [0.15, 0.2) is 0 Å². The summed E-state index contributed by atoms with van der Waals surface area (Å²) in [5, 5.41) is 9.40. The van der Waals surface area contributed by atoms with Gasteiger partial charge in [0.25, 0.3) is 0 Å². The van der Waals surface area contributed by atoms with Crippen molar-refractivity contribution in [2.24, 2.45) is 5.92 Å². The fourth-order valence-corrected chi connectivity index (χ4v) is 1.88. The number of carbonyl (C=O) groups excluding carboxylic acids is 1. The molecule has 1 aliphatic heterocycles. The zero-order valence-electron chi connectivity index (χ0n) is 9.06. The number of methoxy groups -OCH3 is 1. The van der Waals surface area contributed by atoms with Gasteiger partial charge in [-0.15, -0.1) is 0 Å². The molecule has 82 valence electrons. The third-order valence-electron chi connectivity index (χ3n) is 3.03. The number of ether oxygens (including phenoxy) is 1. The average Bonchev–Trinajstić information content (AvgIpc) is 2.64. The molecule has 14 heavy (non-hydrogen) atoms. The Kier molecular flexibility index (Phi) is 3.89. The predicted molar refractivity (Wildman–Crippen MR) is 52.8 cm³/mol. The fourth-order valence-electron chi connectivity index (χ4n) is 1.88. The molecular weight excluding hydrogens is 182 g/mol. The Balaban J connectivity index is 2.45. The minimum absolute atomic E-state index is 0.191. The Morgan fingerprint density at radius 1 is 1.57 bits per heavy atom. The molecule has 0 bridgehead atoms. The van der Waals surface area contributed by atoms with Crippen LogP contribution in [0.25, 0.3) is 0 Å². The van der Waals surface area contributed by atoms with Gasteiger partial charge < -0.3 is 9.84 Å². The lowest BCUT2D eigenvalue weighted by Crippen LogP contribution is -2.38. The second-order valence-corrected chi connectivity index (χ2v) is 3.98. The molecule has 0 aliphatic carbocycles. The normalized spacial score (nSPS) is 27.3. The molecular formula is C10H19NO3. The summed E-state index contributed by atoms with van der Waals surface area (Å²) in [6.07, 6.45) is 0.670. The Morgan fingerprint density at radius 2 is 2.21 bits per heavy atom. The lowest BCUT2D eigenvalue weighted by Gasteiger charge is -2.22. The monoisotopic (exact) mass is 201 g/mol. The van der Waals surface area contributed by atoms with Gasteiger partial charge in [-0.25, -0.2) is 0 Å². The van der Waals surface area contributed by atoms with Crippen molar-refractivity contribution >= 4 is 5.97 Å². The molecule has 1 N–H and O–H groups in total. The summed E-state index contributed by atoms with van der Waals surface area (Å²) in [5.41, 5.74) is 0. The Labute approximate surface area is 84.8 Å². The van der Waals surface area contributed by atoms with Crippen LogP contribution in [0, 0.1) is 5.92 Å². The molecule has 4 heteroatoms. The van der Waals surface area contributed by atoms with E-state index in [4.69, 9.17) is 0 Å². The van der Waals surface area contributed by atoms with E-state index in [2.05, 4.69) is 9.64 Å². The number of hydrogen-bond donors (Lipinski definition) is 1. The van der Waals surface area contributed by atoms with E-state index in [1.807, 2.05) is 6.92 Å². The topological polar surface area (TPSA) is 49.8 Å². The van der Waals surface area contributed by atoms with Gasteiger partial charge in [0.1, 0.15) is 6.04 Å². The van der Waals surface area contributed by atoms with Crippen LogP contribution in [0.5, 0.6) is 0 Å². The minimum atomic E-state index is -0.287. The van der Waals surface area contributed by atoms with Crippen LogP contribution in [-0.4, -0.2) is 48.3 Å². The minimum Gasteiger partial charge on any atom is -0.468 e. The Bertz CT molecular complexity index is 206. The van der Waals surface area contributed by atoms with Crippen molar-refractivity contribution < 1.29 is 14.6 Å². The molecule has 3 unspecified atom stereocenters. The zero-order chi connectivity index (χ0) is 10.7. The number of carbonyl (C=O) groups is 1. The maximum absolute atomic E-state index is 11.2. The molecule has 1 heterocycles. The zero-order valence-corrected chi connectivity index (χ0v) is 9.06. The van der Waals surface area contributed by atoms with Crippen molar-refractivity contribution in [1.29, 1.82) is 0 Å². The number of hydrogen-bond acceptors (Lipinski definition) is 4. The van der Waals surface area contributed by atoms with E-state index in [0.717, 1.165) is 19.5 Å². The molecule has 0 saturated carbocycles. The second-order valence-electron chi connectivity index (χ2n) is 3.98. The molecule has 0 radical (unpaired) electrons. The molecule has 0 aromatic carbocycles. The van der Waals surface area contributed by atoms with Crippen molar-refractivity contribution in [3.63, 3.8) is 0 Å². The third kappa shape index (κ3) is 2.45. The summed E-state index contributed by atoms with van der Waals surface area (Å²) in [4.78, 5) is 13.3. The molecule has 1 rings (SSSR count). The highest BCUT2D eigenvalue weighted by Gasteiger charge is 2.31. The summed E-state index contributed by atoms with van der Waals surface area (Å²) in [6, 6.07) is -0.191. The summed E-state index contributed by atoms with van der Waals surface area (Å²) in [7, 11) is 1.40. The van der Waals surface area contributed by atoms with Crippen molar-refractivity contribution in [2.75, 3.05) is 20.2 Å². The van der Waals surface area contributed by atoms with Gasteiger partial charge in [0.2, 0.25) is 0 Å². The van der Waals surface area contributed by atoms with E-state index in [9.17, 15) is 9.90 Å². The van der Waals surface area contributed by atoms with Crippen LogP contribution >= 0.6 is 0 Å². The number of nitrogens with zero attached hydrogens (tertiary/aromatic N) is 1. The van der Waals surface area contributed by atoms with Gasteiger partial charge in [-0.3, -0.25) is 9.69 Å². The van der Waals surface area contributed by atoms with Gasteiger partial charge in [-0.1, -0.05) is 0 Å². The lowest BCUT2D eigenvalue weighted by molar-refractivity contribution is -0.146. The van der Waals surface area contributed by atoms with Gasteiger partial charge >= 0.3 is 5.97 Å². The molecule has 4 nitrogen and oxygen atoms in total. The van der Waals surface area contributed by atoms with E-state index < -0.39 is 0 Å². The third-order valence-corrected chi connectivity index (χ3v) is 3.03. The highest BCUT2D eigenvalue weighted by Crippen LogP contribution is 2.21. The highest BCUT2D eigenvalue weighted by molar-refractivity contribution is 5.75. The molecule has 1 aliphatic rings. The number of likely N-dealkylation sites (tertiary alicyclic amines) is 1. The van der Waals surface area contributed by atoms with Crippen LogP contribution in [-0.2, 0) is 9.53 Å². The van der Waals surface area contributed by atoms with Crippen LogP contribution in [0.2, 0.25) is 0 Å². The number of aliphatic hydroxyl groups excluding tert-OH is 1. The molecule has 0 aromatic heterocycles. The van der Waals surface area contributed by atoms with Crippen LogP contribution in [0.1, 0.15) is 20.3 Å². The molecule has 0 aromatic rings. The highest BCUT2D eigenvalue weighted by atomic mass is 16.5. The first-order valence-corrected chi connectivity index (χ1v) is 5.06. The van der Waals surface area contributed by atoms with Crippen molar-refractivity contribution in [1.82, 2.24) is 4.90 Å². The van der Waals surface area contributed by atoms with Gasteiger partial charge in [-0.05, 0) is 32.7 Å². The molecule has 1 fully saturated rings. The van der Waals surface area contributed by atoms with Gasteiger partial charge in [0, 0.05) is 6.54 Å². The maximum Gasteiger partial charge on any atom is 0.322 e. The molecule has 0 amide bonds. The van der Waals surface area contributed by atoms with Gasteiger partial charge in [0.05, 0.1) is 13.2 Å². The Morgan fingerprint density at radius 3 is 2.64 bits per heavy atom. The number of aliphatic hydroxyl groups is 1. The van der Waals surface area contributed by atoms with Crippen molar-refractivity contribution in [3.05, 3.63) is 0 Å². The smallest absolute Gasteiger partial charge is 0.322 e. The van der Waals surface area contributed by atoms with Crippen LogP contribution in [0.3, 0.4) is 0 Å². The van der Waals surface area contributed by atoms with E-state index in [1.54, 1.807) is 6.92 Å². The first kappa shape index (κ1) is 11.5. The van der Waals surface area contributed by atoms with Crippen molar-refractivity contribution in [3.8, 4) is 0 Å². The summed E-state index contributed by atoms with van der Waals surface area (Å²) < 4.78 is 4.68. The first-order chi connectivity index (χ1) is 6.56. The van der Waals surface area contributed by atoms with E-state index in [0.29, 0.717) is 5.92 Å². The van der Waals surface area contributed by atoms with Gasteiger partial charge in [0.15, 0.2) is 0 Å². The second kappa shape index (κ2) is 4.75. The van der Waals surface area contributed by atoms with Crippen LogP contribution < -0.4 is 0 Å². The Hall–Kier alpha value is -0.610. The number of rotatable bonds is 3. The van der Waals surface area contributed by atoms with E-state index >= 15 is 0 Å². The summed E-state index contributed by atoms with van der Waals surface area (Å²) >= 11 is 0. The quantitative estimate of drug-likeness (QED) is 0.665. The fraction of sp³-hybridized carbons (Fsp3) is 0.900. The molecule has 3 atom stereocenters. The molecule has 1 saturated heterocycles. The SMILES string of the molecule is COC(=O)C(C)N1CCC(C(C)O)C1. The lowest BCUT2D eigenvalue weighted by atomic mass is 10.0. The number of esters is 1. The average molecular weight is 201 g/mol. The van der Waals surface area contributed by atoms with Crippen molar-refractivity contribution in [2.45, 2.75) is 32.4 Å². The summed E-state index contributed by atoms with van der Waals surface area (Å²) in [5.74, 6) is 0.0957. The van der Waals surface area contributed by atoms with Crippen LogP contribution in [0.4, 0.5) is 0 Å². The largest absolute Gasteiger partial charge is 0.468 e. The van der Waals surface area contributed by atoms with E-state index in [-0.39, 0.29) is 18.1 Å². The van der Waals surface area contributed by atoms with E-state index in [1.165, 1.54) is 7.11 Å².